The Kier molecular flexibility index (Phi) is 4.99. The van der Waals surface area contributed by atoms with Crippen LogP contribution in [-0.2, 0) is 6.61 Å². The number of nitrogens with zero attached hydrogens (tertiary/aromatic N) is 1. The molecule has 110 valence electrons. The van der Waals surface area contributed by atoms with Crippen molar-refractivity contribution in [3.8, 4) is 5.75 Å². The average Bonchev–Trinajstić information content (AvgIpc) is 2.47. The summed E-state index contributed by atoms with van der Waals surface area (Å²) < 4.78 is 5.80. The van der Waals surface area contributed by atoms with E-state index in [1.165, 1.54) is 16.7 Å². The molecule has 0 amide bonds. The van der Waals surface area contributed by atoms with Crippen LogP contribution < -0.4 is 4.74 Å². The van der Waals surface area contributed by atoms with Crippen LogP contribution in [0.2, 0.25) is 0 Å². The van der Waals surface area contributed by atoms with Gasteiger partial charge in [-0.1, -0.05) is 41.4 Å². The SMILES string of the molecule is CCC(=NO)c1ccc(OCc2cc(C)cc(C)c2)cc1. The Hall–Kier alpha value is -2.29. The van der Waals surface area contributed by atoms with Crippen LogP contribution in [0.25, 0.3) is 0 Å². The Balaban J connectivity index is 2.04. The van der Waals surface area contributed by atoms with Gasteiger partial charge in [-0.05, 0) is 55.7 Å². The molecule has 3 heteroatoms. The molecule has 0 heterocycles. The first-order valence-electron chi connectivity index (χ1n) is 7.13. The first kappa shape index (κ1) is 15.1. The molecule has 0 spiro atoms. The zero-order valence-electron chi connectivity index (χ0n) is 12.8. The number of hydrogen-bond donors (Lipinski definition) is 1. The highest BCUT2D eigenvalue weighted by Crippen LogP contribution is 2.17. The molecular weight excluding hydrogens is 262 g/mol. The number of oxime groups is 1. The van der Waals surface area contributed by atoms with E-state index in [-0.39, 0.29) is 0 Å². The van der Waals surface area contributed by atoms with Crippen LogP contribution in [0.3, 0.4) is 0 Å². The fraction of sp³-hybridized carbons (Fsp3) is 0.278. The summed E-state index contributed by atoms with van der Waals surface area (Å²) in [4.78, 5) is 0. The number of hydrogen-bond acceptors (Lipinski definition) is 3. The molecule has 0 fully saturated rings. The van der Waals surface area contributed by atoms with Crippen molar-refractivity contribution < 1.29 is 9.94 Å². The molecule has 0 aromatic heterocycles. The molecule has 0 radical (unpaired) electrons. The highest BCUT2D eigenvalue weighted by Gasteiger charge is 2.03. The summed E-state index contributed by atoms with van der Waals surface area (Å²) in [6.45, 7) is 6.69. The molecule has 2 aromatic rings. The minimum absolute atomic E-state index is 0.552. The Morgan fingerprint density at radius 1 is 1.05 bits per heavy atom. The lowest BCUT2D eigenvalue weighted by Gasteiger charge is -2.09. The van der Waals surface area contributed by atoms with E-state index in [1.54, 1.807) is 0 Å². The lowest BCUT2D eigenvalue weighted by atomic mass is 10.1. The van der Waals surface area contributed by atoms with Gasteiger partial charge in [0.25, 0.3) is 0 Å². The van der Waals surface area contributed by atoms with Crippen molar-refractivity contribution >= 4 is 5.71 Å². The highest BCUT2D eigenvalue weighted by molar-refractivity contribution is 6.00. The van der Waals surface area contributed by atoms with E-state index in [1.807, 2.05) is 31.2 Å². The Morgan fingerprint density at radius 2 is 1.67 bits per heavy atom. The number of benzene rings is 2. The number of aryl methyl sites for hydroxylation is 2. The van der Waals surface area contributed by atoms with Crippen molar-refractivity contribution in [2.45, 2.75) is 33.8 Å². The fourth-order valence-corrected chi connectivity index (χ4v) is 2.40. The van der Waals surface area contributed by atoms with E-state index in [0.717, 1.165) is 11.3 Å². The smallest absolute Gasteiger partial charge is 0.119 e. The topological polar surface area (TPSA) is 41.8 Å². The van der Waals surface area contributed by atoms with Gasteiger partial charge in [-0.15, -0.1) is 0 Å². The average molecular weight is 283 g/mol. The third kappa shape index (κ3) is 4.09. The molecule has 0 aliphatic carbocycles. The van der Waals surface area contributed by atoms with Gasteiger partial charge in [-0.25, -0.2) is 0 Å². The molecule has 21 heavy (non-hydrogen) atoms. The normalized spacial score (nSPS) is 11.5. The molecule has 0 saturated carbocycles. The molecule has 1 N–H and O–H groups in total. The molecule has 0 aliphatic rings. The van der Waals surface area contributed by atoms with Crippen molar-refractivity contribution in [1.82, 2.24) is 0 Å². The summed E-state index contributed by atoms with van der Waals surface area (Å²) in [5.41, 5.74) is 5.25. The molecule has 0 unspecified atom stereocenters. The van der Waals surface area contributed by atoms with Crippen molar-refractivity contribution in [2.24, 2.45) is 5.16 Å². The maximum absolute atomic E-state index is 8.91. The summed E-state index contributed by atoms with van der Waals surface area (Å²) in [6, 6.07) is 14.0. The zero-order chi connectivity index (χ0) is 15.2. The largest absolute Gasteiger partial charge is 0.489 e. The molecular formula is C18H21NO2. The summed E-state index contributed by atoms with van der Waals surface area (Å²) >= 11 is 0. The minimum Gasteiger partial charge on any atom is -0.489 e. The second-order valence-electron chi connectivity index (χ2n) is 5.21. The molecule has 0 saturated heterocycles. The van der Waals surface area contributed by atoms with E-state index in [0.29, 0.717) is 18.7 Å². The van der Waals surface area contributed by atoms with Crippen molar-refractivity contribution in [2.75, 3.05) is 0 Å². The highest BCUT2D eigenvalue weighted by atomic mass is 16.5. The van der Waals surface area contributed by atoms with Crippen molar-refractivity contribution in [3.05, 3.63) is 64.7 Å². The Morgan fingerprint density at radius 3 is 2.19 bits per heavy atom. The van der Waals surface area contributed by atoms with Crippen LogP contribution in [0.1, 0.15) is 35.6 Å². The third-order valence-corrected chi connectivity index (χ3v) is 3.33. The van der Waals surface area contributed by atoms with Gasteiger partial charge in [0, 0.05) is 0 Å². The predicted octanol–water partition coefficient (Wildman–Crippen LogP) is 4.47. The van der Waals surface area contributed by atoms with Crippen LogP contribution >= 0.6 is 0 Å². The maximum Gasteiger partial charge on any atom is 0.119 e. The monoisotopic (exact) mass is 283 g/mol. The first-order valence-corrected chi connectivity index (χ1v) is 7.13. The van der Waals surface area contributed by atoms with Gasteiger partial charge in [0.1, 0.15) is 12.4 Å². The van der Waals surface area contributed by atoms with E-state index >= 15 is 0 Å². The molecule has 0 atom stereocenters. The molecule has 3 nitrogen and oxygen atoms in total. The molecule has 2 aromatic carbocycles. The van der Waals surface area contributed by atoms with Gasteiger partial charge in [0.05, 0.1) is 5.71 Å². The summed E-state index contributed by atoms with van der Waals surface area (Å²) in [6.07, 6.45) is 0.694. The van der Waals surface area contributed by atoms with Crippen LogP contribution in [0.15, 0.2) is 47.6 Å². The van der Waals surface area contributed by atoms with Gasteiger partial charge < -0.3 is 9.94 Å². The lowest BCUT2D eigenvalue weighted by molar-refractivity contribution is 0.306. The quantitative estimate of drug-likeness (QED) is 0.499. The Labute approximate surface area is 125 Å². The summed E-state index contributed by atoms with van der Waals surface area (Å²) in [5, 5.41) is 12.2. The molecule has 0 bridgehead atoms. The number of ether oxygens (including phenoxy) is 1. The van der Waals surface area contributed by atoms with E-state index in [9.17, 15) is 0 Å². The summed E-state index contributed by atoms with van der Waals surface area (Å²) in [5.74, 6) is 0.811. The summed E-state index contributed by atoms with van der Waals surface area (Å²) in [7, 11) is 0. The zero-order valence-corrected chi connectivity index (χ0v) is 12.8. The van der Waals surface area contributed by atoms with Crippen LogP contribution in [0.4, 0.5) is 0 Å². The van der Waals surface area contributed by atoms with Crippen molar-refractivity contribution in [3.63, 3.8) is 0 Å². The van der Waals surface area contributed by atoms with E-state index in [4.69, 9.17) is 9.94 Å². The minimum atomic E-state index is 0.552. The van der Waals surface area contributed by atoms with Gasteiger partial charge in [0.2, 0.25) is 0 Å². The van der Waals surface area contributed by atoms with E-state index in [2.05, 4.69) is 37.2 Å². The molecule has 2 rings (SSSR count). The number of rotatable bonds is 5. The van der Waals surface area contributed by atoms with Crippen molar-refractivity contribution in [1.29, 1.82) is 0 Å². The standard InChI is InChI=1S/C18H21NO2/c1-4-18(19-20)16-5-7-17(8-6-16)21-12-15-10-13(2)9-14(3)11-15/h5-11,20H,4,12H2,1-3H3. The maximum atomic E-state index is 8.91. The van der Waals surface area contributed by atoms with Crippen LogP contribution in [0, 0.1) is 13.8 Å². The lowest BCUT2D eigenvalue weighted by Crippen LogP contribution is -2.00. The van der Waals surface area contributed by atoms with Crippen LogP contribution in [0.5, 0.6) is 5.75 Å². The van der Waals surface area contributed by atoms with Gasteiger partial charge in [-0.2, -0.15) is 0 Å². The predicted molar refractivity (Wildman–Crippen MR) is 85.3 cm³/mol. The van der Waals surface area contributed by atoms with Gasteiger partial charge in [-0.3, -0.25) is 0 Å². The fourth-order valence-electron chi connectivity index (χ4n) is 2.40. The van der Waals surface area contributed by atoms with Gasteiger partial charge in [0.15, 0.2) is 0 Å². The second-order valence-corrected chi connectivity index (χ2v) is 5.21. The third-order valence-electron chi connectivity index (χ3n) is 3.33. The first-order chi connectivity index (χ1) is 10.1. The molecule has 0 aliphatic heterocycles. The van der Waals surface area contributed by atoms with Crippen LogP contribution in [-0.4, -0.2) is 10.9 Å². The second kappa shape index (κ2) is 6.93. The van der Waals surface area contributed by atoms with Gasteiger partial charge >= 0.3 is 0 Å². The van der Waals surface area contributed by atoms with E-state index < -0.39 is 0 Å². The Bertz CT molecular complexity index is 610.